The first-order valence-corrected chi connectivity index (χ1v) is 11.0. The molecule has 0 spiro atoms. The van der Waals surface area contributed by atoms with Crippen molar-refractivity contribution in [1.29, 1.82) is 0 Å². The minimum atomic E-state index is 0.806. The first-order chi connectivity index (χ1) is 13.8. The van der Waals surface area contributed by atoms with Crippen LogP contribution in [0.15, 0.2) is 30.3 Å². The fraction of sp³-hybridized carbons (Fsp3) is 0.455. The predicted octanol–water partition coefficient (Wildman–Crippen LogP) is 3.97. The molecule has 28 heavy (non-hydrogen) atoms. The Kier molecular flexibility index (Phi) is 5.01. The van der Waals surface area contributed by atoms with Gasteiger partial charge in [-0.25, -0.2) is 4.98 Å². The topological polar surface area (TPSA) is 37.8 Å². The Balaban J connectivity index is 1.59. The van der Waals surface area contributed by atoms with Gasteiger partial charge in [0.2, 0.25) is 11.3 Å². The lowest BCUT2D eigenvalue weighted by atomic mass is 10.1. The Hall–Kier alpha value is -2.02. The number of ether oxygens (including phenoxy) is 2. The van der Waals surface area contributed by atoms with E-state index in [2.05, 4.69) is 47.1 Å². The highest BCUT2D eigenvalue weighted by Crippen LogP contribution is 2.34. The number of rotatable bonds is 3. The highest BCUT2D eigenvalue weighted by molar-refractivity contribution is 7.24. The maximum absolute atomic E-state index is 5.53. The number of hydrogen-bond donors (Lipinski definition) is 0. The second-order valence-electron chi connectivity index (χ2n) is 7.37. The summed E-state index contributed by atoms with van der Waals surface area (Å²) in [6, 6.07) is 11.3. The predicted molar refractivity (Wildman–Crippen MR) is 117 cm³/mol. The van der Waals surface area contributed by atoms with Crippen molar-refractivity contribution in [3.63, 3.8) is 0 Å². The summed E-state index contributed by atoms with van der Waals surface area (Å²) in [5.74, 6) is 0. The number of aryl methyl sites for hydroxylation is 1. The molecule has 2 saturated heterocycles. The van der Waals surface area contributed by atoms with Crippen LogP contribution in [0.1, 0.15) is 12.5 Å². The zero-order valence-corrected chi connectivity index (χ0v) is 17.1. The van der Waals surface area contributed by atoms with Gasteiger partial charge in [0, 0.05) is 49.7 Å². The third kappa shape index (κ3) is 3.41. The summed E-state index contributed by atoms with van der Waals surface area (Å²) in [6.45, 7) is 9.28. The second kappa shape index (κ2) is 7.78. The number of anilines is 2. The molecule has 2 aliphatic rings. The molecule has 146 valence electrons. The van der Waals surface area contributed by atoms with Crippen LogP contribution < -0.4 is 9.80 Å². The van der Waals surface area contributed by atoms with Gasteiger partial charge in [0.15, 0.2) is 0 Å². The van der Waals surface area contributed by atoms with Gasteiger partial charge >= 0.3 is 0 Å². The molecule has 0 amide bonds. The van der Waals surface area contributed by atoms with Crippen molar-refractivity contribution in [2.45, 2.75) is 13.3 Å². The van der Waals surface area contributed by atoms with Crippen molar-refractivity contribution >= 4 is 43.1 Å². The quantitative estimate of drug-likeness (QED) is 0.495. The summed E-state index contributed by atoms with van der Waals surface area (Å²) in [6.07, 6.45) is 0.992. The lowest BCUT2D eigenvalue weighted by molar-refractivity contribution is 0.122. The fourth-order valence-electron chi connectivity index (χ4n) is 4.06. The van der Waals surface area contributed by atoms with Crippen molar-refractivity contribution in [3.05, 3.63) is 35.9 Å². The van der Waals surface area contributed by atoms with E-state index in [1.165, 1.54) is 26.3 Å². The minimum Gasteiger partial charge on any atom is -0.378 e. The Labute approximate surface area is 169 Å². The van der Waals surface area contributed by atoms with Gasteiger partial charge in [0.05, 0.1) is 26.4 Å². The van der Waals surface area contributed by atoms with E-state index in [0.717, 1.165) is 70.1 Å². The van der Waals surface area contributed by atoms with Gasteiger partial charge in [-0.05, 0) is 30.2 Å². The van der Waals surface area contributed by atoms with Gasteiger partial charge in [0.25, 0.3) is 9.40 Å². The molecule has 3 heterocycles. The Morgan fingerprint density at radius 1 is 0.857 bits per heavy atom. The Morgan fingerprint density at radius 2 is 1.50 bits per heavy atom. The number of fused-ring (bicyclic) bond motifs is 2. The van der Waals surface area contributed by atoms with Crippen LogP contribution in [-0.2, 0) is 15.9 Å². The van der Waals surface area contributed by atoms with E-state index < -0.39 is 0 Å². The third-order valence-electron chi connectivity index (χ3n) is 5.67. The summed E-state index contributed by atoms with van der Waals surface area (Å²) in [4.78, 5) is 9.88. The van der Waals surface area contributed by atoms with Crippen molar-refractivity contribution in [2.75, 3.05) is 62.4 Å². The molecule has 0 aliphatic carbocycles. The van der Waals surface area contributed by atoms with Crippen molar-refractivity contribution < 1.29 is 9.47 Å². The smallest absolute Gasteiger partial charge is 0.259 e. The van der Waals surface area contributed by atoms with E-state index in [9.17, 15) is 0 Å². The molecule has 0 saturated carbocycles. The molecule has 6 heteroatoms. The van der Waals surface area contributed by atoms with Crippen LogP contribution in [0.25, 0.3) is 20.4 Å². The summed E-state index contributed by atoms with van der Waals surface area (Å²) >= 11 is 1.86. The first-order valence-electron chi connectivity index (χ1n) is 10.2. The van der Waals surface area contributed by atoms with E-state index in [1.807, 2.05) is 11.3 Å². The zero-order valence-electron chi connectivity index (χ0n) is 16.3. The third-order valence-corrected chi connectivity index (χ3v) is 6.75. The van der Waals surface area contributed by atoms with Gasteiger partial charge in [-0.2, -0.15) is 0 Å². The Morgan fingerprint density at radius 3 is 2.18 bits per heavy atom. The zero-order chi connectivity index (χ0) is 18.9. The van der Waals surface area contributed by atoms with Crippen LogP contribution in [0.2, 0.25) is 0 Å². The molecular weight excluding hydrogens is 370 g/mol. The fourth-order valence-corrected chi connectivity index (χ4v) is 5.15. The van der Waals surface area contributed by atoms with Crippen LogP contribution >= 0.6 is 11.3 Å². The van der Waals surface area contributed by atoms with Gasteiger partial charge < -0.3 is 19.3 Å². The molecule has 0 unspecified atom stereocenters. The summed E-state index contributed by atoms with van der Waals surface area (Å²) in [5.41, 5.74) is 6.14. The average Bonchev–Trinajstić information content (AvgIpc) is 2.77. The molecule has 0 bridgehead atoms. The molecule has 5 rings (SSSR count). The highest BCUT2D eigenvalue weighted by Gasteiger charge is 2.21. The molecule has 3 aromatic rings. The molecule has 2 aromatic carbocycles. The van der Waals surface area contributed by atoms with Crippen molar-refractivity contribution in [2.24, 2.45) is 0 Å². The van der Waals surface area contributed by atoms with Gasteiger partial charge in [-0.15, -0.1) is 0 Å². The van der Waals surface area contributed by atoms with Crippen LogP contribution in [0, 0.1) is 0 Å². The monoisotopic (exact) mass is 396 g/mol. The van der Waals surface area contributed by atoms with Gasteiger partial charge in [-0.1, -0.05) is 6.92 Å². The van der Waals surface area contributed by atoms with Crippen LogP contribution in [0.4, 0.5) is 11.4 Å². The molecule has 2 aliphatic heterocycles. The molecule has 2 fully saturated rings. The number of morpholine rings is 2. The maximum Gasteiger partial charge on any atom is 0.259 e. The van der Waals surface area contributed by atoms with E-state index in [-0.39, 0.29) is 0 Å². The highest BCUT2D eigenvalue weighted by atomic mass is 32.1. The number of aromatic nitrogens is 1. The van der Waals surface area contributed by atoms with E-state index >= 15 is 0 Å². The minimum absolute atomic E-state index is 0.806. The van der Waals surface area contributed by atoms with Gasteiger partial charge in [0.1, 0.15) is 11.0 Å². The summed E-state index contributed by atoms with van der Waals surface area (Å²) < 4.78 is 13.5. The maximum atomic E-state index is 5.53. The molecule has 0 radical (unpaired) electrons. The van der Waals surface area contributed by atoms with E-state index in [0.29, 0.717) is 0 Å². The molecule has 1 aromatic heterocycles. The number of nitrogens with zero attached hydrogens (tertiary/aromatic N) is 3. The normalized spacial score (nSPS) is 18.2. The van der Waals surface area contributed by atoms with Crippen LogP contribution in [0.5, 0.6) is 0 Å². The SMILES string of the molecule is CCc1cc(N2CCOCC2)cc2[s+]c3cc(N4CCOCC4)ccc3nc12. The molecular formula is C22H26N3O2S+. The molecule has 0 atom stereocenters. The number of hydrogen-bond acceptors (Lipinski definition) is 5. The first kappa shape index (κ1) is 18.0. The molecule has 5 nitrogen and oxygen atoms in total. The lowest BCUT2D eigenvalue weighted by Gasteiger charge is -2.29. The van der Waals surface area contributed by atoms with E-state index in [4.69, 9.17) is 14.5 Å². The lowest BCUT2D eigenvalue weighted by Crippen LogP contribution is -2.36. The van der Waals surface area contributed by atoms with Crippen molar-refractivity contribution in [1.82, 2.24) is 4.98 Å². The van der Waals surface area contributed by atoms with Crippen molar-refractivity contribution in [3.8, 4) is 0 Å². The standard InChI is InChI=1S/C22H26N3O2S/c1-2-16-13-18(25-7-11-27-12-8-25)15-21-22(16)23-19-4-3-17(14-20(19)28-21)24-5-9-26-10-6-24/h3-4,13-15H,2,5-12H2,1H3/q+1. The Bertz CT molecular complexity index is 998. The second-order valence-corrected chi connectivity index (χ2v) is 8.45. The van der Waals surface area contributed by atoms with Crippen LogP contribution in [-0.4, -0.2) is 57.6 Å². The number of benzene rings is 2. The summed E-state index contributed by atoms with van der Waals surface area (Å²) in [5, 5.41) is 0. The summed E-state index contributed by atoms with van der Waals surface area (Å²) in [7, 11) is 0. The largest absolute Gasteiger partial charge is 0.378 e. The molecule has 0 N–H and O–H groups in total. The average molecular weight is 397 g/mol. The van der Waals surface area contributed by atoms with E-state index in [1.54, 1.807) is 0 Å². The van der Waals surface area contributed by atoms with Crippen LogP contribution in [0.3, 0.4) is 0 Å². The van der Waals surface area contributed by atoms with Gasteiger partial charge in [-0.3, -0.25) is 0 Å².